The molecular weight excluding hydrogens is 400 g/mol. The van der Waals surface area contributed by atoms with E-state index in [-0.39, 0.29) is 24.3 Å². The third-order valence-electron chi connectivity index (χ3n) is 4.70. The Hall–Kier alpha value is -2.37. The molecule has 0 spiro atoms. The minimum Gasteiger partial charge on any atom is -0.379 e. The van der Waals surface area contributed by atoms with Crippen LogP contribution in [0.5, 0.6) is 0 Å². The second-order valence-corrected chi connectivity index (χ2v) is 7.99. The molecule has 0 unspecified atom stereocenters. The molecule has 0 fully saturated rings. The molecule has 0 saturated carbocycles. The largest absolute Gasteiger partial charge is 0.379 e. The summed E-state index contributed by atoms with van der Waals surface area (Å²) in [5, 5.41) is 3.55. The topological polar surface area (TPSA) is 58.6 Å². The summed E-state index contributed by atoms with van der Waals surface area (Å²) < 4.78 is 5.50. The highest BCUT2D eigenvalue weighted by molar-refractivity contribution is 6.30. The minimum absolute atomic E-state index is 0.0954. The van der Waals surface area contributed by atoms with E-state index in [2.05, 4.69) is 5.32 Å². The first-order chi connectivity index (χ1) is 14.4. The van der Waals surface area contributed by atoms with E-state index in [1.54, 1.807) is 24.0 Å². The number of carbonyl (C=O) groups excluding carboxylic acids is 2. The zero-order chi connectivity index (χ0) is 21.9. The molecule has 1 N–H and O–H groups in total. The zero-order valence-corrected chi connectivity index (χ0v) is 18.7. The second-order valence-electron chi connectivity index (χ2n) is 7.55. The lowest BCUT2D eigenvalue weighted by Gasteiger charge is -2.29. The number of halogens is 1. The molecule has 0 radical (unpaired) electrons. The Morgan fingerprint density at radius 2 is 1.67 bits per heavy atom. The van der Waals surface area contributed by atoms with E-state index < -0.39 is 6.04 Å². The van der Waals surface area contributed by atoms with E-state index in [0.29, 0.717) is 24.7 Å². The fourth-order valence-corrected chi connectivity index (χ4v) is 3.12. The predicted molar refractivity (Wildman–Crippen MR) is 120 cm³/mol. The summed E-state index contributed by atoms with van der Waals surface area (Å²) in [6, 6.07) is 16.3. The highest BCUT2D eigenvalue weighted by Crippen LogP contribution is 2.15. The molecule has 2 aromatic rings. The molecule has 2 amide bonds. The van der Waals surface area contributed by atoms with Gasteiger partial charge in [0.15, 0.2) is 0 Å². The highest BCUT2D eigenvalue weighted by atomic mass is 35.5. The van der Waals surface area contributed by atoms with Crippen LogP contribution < -0.4 is 5.32 Å². The van der Waals surface area contributed by atoms with E-state index in [4.69, 9.17) is 16.3 Å². The summed E-state index contributed by atoms with van der Waals surface area (Å²) in [5.41, 5.74) is 1.84. The van der Waals surface area contributed by atoms with Crippen molar-refractivity contribution in [2.45, 2.75) is 52.3 Å². The fraction of sp³-hybridized carbons (Fsp3) is 0.417. The van der Waals surface area contributed by atoms with Crippen LogP contribution in [0.25, 0.3) is 0 Å². The van der Waals surface area contributed by atoms with Crippen LogP contribution in [-0.4, -0.2) is 42.0 Å². The van der Waals surface area contributed by atoms with Gasteiger partial charge in [0.05, 0.1) is 12.5 Å². The maximum absolute atomic E-state index is 13.1. The van der Waals surface area contributed by atoms with Crippen LogP contribution in [0.2, 0.25) is 5.02 Å². The van der Waals surface area contributed by atoms with E-state index in [0.717, 1.165) is 17.5 Å². The lowest BCUT2D eigenvalue weighted by Crippen LogP contribution is -2.48. The summed E-state index contributed by atoms with van der Waals surface area (Å²) in [6.45, 7) is 7.17. The van der Waals surface area contributed by atoms with Gasteiger partial charge >= 0.3 is 0 Å². The average molecular weight is 431 g/mol. The molecule has 30 heavy (non-hydrogen) atoms. The van der Waals surface area contributed by atoms with Crippen LogP contribution in [0, 0.1) is 0 Å². The number of nitrogens with one attached hydrogen (secondary N) is 1. The summed E-state index contributed by atoms with van der Waals surface area (Å²) in [5.74, 6) is -0.267. The standard InChI is InChI=1S/C24H31ClN2O3/c1-18(2)30-15-7-14-26-24(29)19(3)27(17-21-10-12-22(25)13-11-21)23(28)16-20-8-5-4-6-9-20/h4-6,8-13,18-19H,7,14-17H2,1-3H3,(H,26,29)/t19-/m1/s1. The number of rotatable bonds is 11. The predicted octanol–water partition coefficient (Wildman–Crippen LogP) is 4.23. The van der Waals surface area contributed by atoms with E-state index in [1.165, 1.54) is 0 Å². The smallest absolute Gasteiger partial charge is 0.242 e. The van der Waals surface area contributed by atoms with Gasteiger partial charge in [-0.05, 0) is 50.5 Å². The lowest BCUT2D eigenvalue weighted by atomic mass is 10.1. The first-order valence-electron chi connectivity index (χ1n) is 10.3. The molecule has 0 saturated heterocycles. The van der Waals surface area contributed by atoms with E-state index >= 15 is 0 Å². The van der Waals surface area contributed by atoms with Gasteiger partial charge in [0.2, 0.25) is 11.8 Å². The van der Waals surface area contributed by atoms with Crippen molar-refractivity contribution in [1.29, 1.82) is 0 Å². The van der Waals surface area contributed by atoms with E-state index in [1.807, 2.05) is 56.3 Å². The summed E-state index contributed by atoms with van der Waals surface area (Å²) >= 11 is 5.98. The molecule has 0 aliphatic rings. The van der Waals surface area contributed by atoms with Crippen LogP contribution in [0.4, 0.5) is 0 Å². The van der Waals surface area contributed by atoms with Crippen molar-refractivity contribution >= 4 is 23.4 Å². The molecule has 0 aliphatic heterocycles. The van der Waals surface area contributed by atoms with Crippen molar-refractivity contribution < 1.29 is 14.3 Å². The molecule has 0 aliphatic carbocycles. The molecule has 0 heterocycles. The maximum Gasteiger partial charge on any atom is 0.242 e. The number of benzene rings is 2. The normalized spacial score (nSPS) is 11.9. The van der Waals surface area contributed by atoms with Crippen LogP contribution in [0.3, 0.4) is 0 Å². The first kappa shape index (κ1) is 23.9. The van der Waals surface area contributed by atoms with E-state index in [9.17, 15) is 9.59 Å². The summed E-state index contributed by atoms with van der Waals surface area (Å²) in [6.07, 6.45) is 1.14. The number of carbonyl (C=O) groups is 2. The zero-order valence-electron chi connectivity index (χ0n) is 17.9. The quantitative estimate of drug-likeness (QED) is 0.542. The Morgan fingerprint density at radius 1 is 1.00 bits per heavy atom. The van der Waals surface area contributed by atoms with Gasteiger partial charge in [0, 0.05) is 24.7 Å². The van der Waals surface area contributed by atoms with Crippen molar-refractivity contribution in [3.63, 3.8) is 0 Å². The first-order valence-corrected chi connectivity index (χ1v) is 10.7. The molecule has 162 valence electrons. The van der Waals surface area contributed by atoms with Gasteiger partial charge in [-0.15, -0.1) is 0 Å². The van der Waals surface area contributed by atoms with Crippen molar-refractivity contribution in [2.75, 3.05) is 13.2 Å². The Balaban J connectivity index is 2.04. The van der Waals surface area contributed by atoms with Gasteiger partial charge in [0.25, 0.3) is 0 Å². The number of ether oxygens (including phenoxy) is 1. The van der Waals surface area contributed by atoms with Gasteiger partial charge in [-0.1, -0.05) is 54.1 Å². The molecule has 2 aromatic carbocycles. The number of amides is 2. The SMILES string of the molecule is CC(C)OCCCNC(=O)[C@@H](C)N(Cc1ccc(Cl)cc1)C(=O)Cc1ccccc1. The van der Waals surface area contributed by atoms with Crippen LogP contribution >= 0.6 is 11.6 Å². The molecule has 2 rings (SSSR count). The number of hydrogen-bond donors (Lipinski definition) is 1. The van der Waals surface area contributed by atoms with Crippen LogP contribution in [-0.2, 0) is 27.3 Å². The van der Waals surface area contributed by atoms with Gasteiger partial charge in [-0.25, -0.2) is 0 Å². The number of hydrogen-bond acceptors (Lipinski definition) is 3. The Morgan fingerprint density at radius 3 is 2.30 bits per heavy atom. The van der Waals surface area contributed by atoms with Crippen LogP contribution in [0.15, 0.2) is 54.6 Å². The Labute approximate surface area is 184 Å². The molecule has 6 heteroatoms. The van der Waals surface area contributed by atoms with Gasteiger partial charge in [0.1, 0.15) is 6.04 Å². The molecular formula is C24H31ClN2O3. The molecule has 0 aromatic heterocycles. The third kappa shape index (κ3) is 8.17. The Bertz CT molecular complexity index is 794. The van der Waals surface area contributed by atoms with Crippen molar-refractivity contribution in [3.05, 3.63) is 70.7 Å². The maximum atomic E-state index is 13.1. The second kappa shape index (κ2) is 12.4. The van der Waals surface area contributed by atoms with Crippen molar-refractivity contribution in [3.8, 4) is 0 Å². The van der Waals surface area contributed by atoms with Gasteiger partial charge in [-0.3, -0.25) is 9.59 Å². The minimum atomic E-state index is -0.595. The Kier molecular flexibility index (Phi) is 9.84. The van der Waals surface area contributed by atoms with Gasteiger partial charge < -0.3 is 15.0 Å². The fourth-order valence-electron chi connectivity index (χ4n) is 2.99. The number of nitrogens with zero attached hydrogens (tertiary/aromatic N) is 1. The van der Waals surface area contributed by atoms with Gasteiger partial charge in [-0.2, -0.15) is 0 Å². The van der Waals surface area contributed by atoms with Crippen LogP contribution in [0.1, 0.15) is 38.3 Å². The monoisotopic (exact) mass is 430 g/mol. The molecule has 1 atom stereocenters. The van der Waals surface area contributed by atoms with Crippen molar-refractivity contribution in [1.82, 2.24) is 10.2 Å². The molecule has 5 nitrogen and oxygen atoms in total. The highest BCUT2D eigenvalue weighted by Gasteiger charge is 2.26. The average Bonchev–Trinajstić information content (AvgIpc) is 2.73. The van der Waals surface area contributed by atoms with Crippen molar-refractivity contribution in [2.24, 2.45) is 0 Å². The summed E-state index contributed by atoms with van der Waals surface area (Å²) in [7, 11) is 0. The summed E-state index contributed by atoms with van der Waals surface area (Å²) in [4.78, 5) is 27.4. The third-order valence-corrected chi connectivity index (χ3v) is 4.96. The lowest BCUT2D eigenvalue weighted by molar-refractivity contribution is -0.140. The molecule has 0 bridgehead atoms.